The van der Waals surface area contributed by atoms with Gasteiger partial charge < -0.3 is 15.1 Å². The van der Waals surface area contributed by atoms with Gasteiger partial charge in [-0.15, -0.1) is 0 Å². The van der Waals surface area contributed by atoms with Crippen LogP contribution >= 0.6 is 0 Å². The van der Waals surface area contributed by atoms with Crippen molar-refractivity contribution in [3.63, 3.8) is 0 Å². The molecule has 0 radical (unpaired) electrons. The molecule has 4 nitrogen and oxygen atoms in total. The molecule has 3 atom stereocenters. The molecule has 1 saturated heterocycles. The van der Waals surface area contributed by atoms with Crippen LogP contribution in [0.2, 0.25) is 0 Å². The van der Waals surface area contributed by atoms with Gasteiger partial charge in [0.05, 0.1) is 0 Å². The molecule has 1 fully saturated rings. The molecule has 4 heteroatoms. The zero-order valence-electron chi connectivity index (χ0n) is 12.4. The molecule has 2 aromatic rings. The van der Waals surface area contributed by atoms with Crippen LogP contribution in [-0.4, -0.2) is 40.2 Å². The number of hydrogen-bond donors (Lipinski definition) is 2. The molecule has 2 N–H and O–H groups in total. The van der Waals surface area contributed by atoms with E-state index in [0.29, 0.717) is 12.1 Å². The van der Waals surface area contributed by atoms with Crippen LogP contribution in [0.1, 0.15) is 23.1 Å². The van der Waals surface area contributed by atoms with Crippen molar-refractivity contribution < 1.29 is 15.0 Å². The molecule has 2 aromatic carbocycles. The zero-order chi connectivity index (χ0) is 15.7. The number of carbonyl (C=O) groups excluding carboxylic acids is 1. The lowest BCUT2D eigenvalue weighted by molar-refractivity contribution is -0.155. The summed E-state index contributed by atoms with van der Waals surface area (Å²) in [6.45, 7) is 0.378. The predicted molar refractivity (Wildman–Crippen MR) is 83.2 cm³/mol. The van der Waals surface area contributed by atoms with Crippen molar-refractivity contribution in [3.05, 3.63) is 71.8 Å². The molecule has 22 heavy (non-hydrogen) atoms. The van der Waals surface area contributed by atoms with Crippen molar-refractivity contribution in [3.8, 4) is 0 Å². The van der Waals surface area contributed by atoms with Crippen molar-refractivity contribution >= 4 is 5.91 Å². The molecule has 1 aliphatic heterocycles. The highest BCUT2D eigenvalue weighted by atomic mass is 16.4. The van der Waals surface area contributed by atoms with Crippen molar-refractivity contribution in [1.29, 1.82) is 0 Å². The first-order valence-electron chi connectivity index (χ1n) is 7.31. The van der Waals surface area contributed by atoms with E-state index in [1.807, 2.05) is 36.4 Å². The smallest absolute Gasteiger partial charge is 0.258 e. The Morgan fingerprint density at radius 2 is 1.64 bits per heavy atom. The number of carbonyl (C=O) groups is 1. The Morgan fingerprint density at radius 3 is 2.23 bits per heavy atom. The van der Waals surface area contributed by atoms with E-state index in [1.165, 1.54) is 4.90 Å². The van der Waals surface area contributed by atoms with Gasteiger partial charge >= 0.3 is 0 Å². The second kappa shape index (κ2) is 5.55. The summed E-state index contributed by atoms with van der Waals surface area (Å²) in [5.41, 5.74) is -0.468. The Kier molecular flexibility index (Phi) is 3.72. The van der Waals surface area contributed by atoms with Gasteiger partial charge in [0.25, 0.3) is 5.91 Å². The summed E-state index contributed by atoms with van der Waals surface area (Å²) in [7, 11) is 1.65. The summed E-state index contributed by atoms with van der Waals surface area (Å²) >= 11 is 0. The van der Waals surface area contributed by atoms with E-state index < -0.39 is 23.5 Å². The lowest BCUT2D eigenvalue weighted by Gasteiger charge is -2.32. The summed E-state index contributed by atoms with van der Waals surface area (Å²) < 4.78 is 0. The Morgan fingerprint density at radius 1 is 1.09 bits per heavy atom. The molecule has 0 saturated carbocycles. The number of likely N-dealkylation sites (tertiary alicyclic amines) is 1. The average Bonchev–Trinajstić information content (AvgIpc) is 2.81. The zero-order valence-corrected chi connectivity index (χ0v) is 12.4. The van der Waals surface area contributed by atoms with Gasteiger partial charge in [-0.1, -0.05) is 60.7 Å². The van der Waals surface area contributed by atoms with Gasteiger partial charge in [0.15, 0.2) is 5.60 Å². The van der Waals surface area contributed by atoms with Crippen LogP contribution in [0.3, 0.4) is 0 Å². The van der Waals surface area contributed by atoms with Gasteiger partial charge in [0, 0.05) is 19.5 Å². The van der Waals surface area contributed by atoms with Gasteiger partial charge in [-0.05, 0) is 11.1 Å². The van der Waals surface area contributed by atoms with Crippen LogP contribution in [0, 0.1) is 0 Å². The number of aliphatic hydroxyl groups is 2. The van der Waals surface area contributed by atoms with E-state index in [0.717, 1.165) is 5.56 Å². The number of aliphatic hydroxyl groups excluding tert-OH is 1. The molecule has 0 spiro atoms. The van der Waals surface area contributed by atoms with Crippen molar-refractivity contribution in [1.82, 2.24) is 4.90 Å². The fourth-order valence-corrected chi connectivity index (χ4v) is 3.19. The third kappa shape index (κ3) is 2.21. The van der Waals surface area contributed by atoms with Crippen LogP contribution in [0.4, 0.5) is 0 Å². The van der Waals surface area contributed by atoms with Gasteiger partial charge in [0.1, 0.15) is 6.10 Å². The third-order valence-corrected chi connectivity index (χ3v) is 4.41. The number of likely N-dealkylation sites (N-methyl/N-ethyl adjacent to an activating group) is 1. The topological polar surface area (TPSA) is 60.8 Å². The van der Waals surface area contributed by atoms with E-state index >= 15 is 0 Å². The molecule has 1 heterocycles. The van der Waals surface area contributed by atoms with Gasteiger partial charge in [0.2, 0.25) is 0 Å². The maximum absolute atomic E-state index is 12.5. The van der Waals surface area contributed by atoms with Gasteiger partial charge in [-0.25, -0.2) is 0 Å². The fraction of sp³-hybridized carbons (Fsp3) is 0.278. The predicted octanol–water partition coefficient (Wildman–Crippen LogP) is 1.71. The first kappa shape index (κ1) is 14.8. The Balaban J connectivity index is 2.05. The van der Waals surface area contributed by atoms with Crippen molar-refractivity contribution in [2.24, 2.45) is 0 Å². The first-order chi connectivity index (χ1) is 10.5. The van der Waals surface area contributed by atoms with Crippen LogP contribution in [-0.2, 0) is 4.79 Å². The normalized spacial score (nSPS) is 26.2. The van der Waals surface area contributed by atoms with Gasteiger partial charge in [-0.3, -0.25) is 4.79 Å². The second-order valence-electron chi connectivity index (χ2n) is 5.79. The summed E-state index contributed by atoms with van der Waals surface area (Å²) in [6, 6.07) is 18.2. The minimum atomic E-state index is -1.85. The first-order valence-corrected chi connectivity index (χ1v) is 7.31. The molecular weight excluding hydrogens is 278 g/mol. The SMILES string of the molecule is CN1CC(c2ccccc2)C(O)(C(O)c2ccccc2)C1=O. The van der Waals surface area contributed by atoms with Crippen molar-refractivity contribution in [2.45, 2.75) is 17.6 Å². The highest BCUT2D eigenvalue weighted by molar-refractivity contribution is 5.89. The Bertz CT molecular complexity index is 659. The molecule has 0 aliphatic carbocycles. The molecule has 3 rings (SSSR count). The average molecular weight is 297 g/mol. The molecular formula is C18H19NO3. The van der Waals surface area contributed by atoms with Crippen LogP contribution in [0.25, 0.3) is 0 Å². The summed E-state index contributed by atoms with van der Waals surface area (Å²) in [4.78, 5) is 14.0. The highest BCUT2D eigenvalue weighted by Crippen LogP contribution is 2.44. The van der Waals surface area contributed by atoms with Crippen molar-refractivity contribution in [2.75, 3.05) is 13.6 Å². The second-order valence-corrected chi connectivity index (χ2v) is 5.79. The largest absolute Gasteiger partial charge is 0.385 e. The number of hydrogen-bond acceptors (Lipinski definition) is 3. The minimum absolute atomic E-state index is 0.378. The maximum Gasteiger partial charge on any atom is 0.258 e. The summed E-state index contributed by atoms with van der Waals surface area (Å²) in [6.07, 6.45) is -1.27. The highest BCUT2D eigenvalue weighted by Gasteiger charge is 2.57. The molecule has 1 aliphatic rings. The van der Waals surface area contributed by atoms with Gasteiger partial charge in [-0.2, -0.15) is 0 Å². The van der Waals surface area contributed by atoms with Crippen LogP contribution in [0.15, 0.2) is 60.7 Å². The number of rotatable bonds is 3. The third-order valence-electron chi connectivity index (χ3n) is 4.41. The standard InChI is InChI=1S/C18H19NO3/c1-19-12-15(13-8-4-2-5-9-13)18(22,17(19)21)16(20)14-10-6-3-7-11-14/h2-11,15-16,20,22H,12H2,1H3. The lowest BCUT2D eigenvalue weighted by Crippen LogP contribution is -2.47. The van der Waals surface area contributed by atoms with E-state index in [9.17, 15) is 15.0 Å². The number of amides is 1. The number of benzene rings is 2. The van der Waals surface area contributed by atoms with E-state index in [1.54, 1.807) is 31.3 Å². The monoisotopic (exact) mass is 297 g/mol. The number of nitrogens with zero attached hydrogens (tertiary/aromatic N) is 1. The fourth-order valence-electron chi connectivity index (χ4n) is 3.19. The van der Waals surface area contributed by atoms with E-state index in [-0.39, 0.29) is 0 Å². The molecule has 1 amide bonds. The molecule has 0 aromatic heterocycles. The van der Waals surface area contributed by atoms with E-state index in [4.69, 9.17) is 0 Å². The minimum Gasteiger partial charge on any atom is -0.385 e. The molecule has 0 bridgehead atoms. The Labute approximate surface area is 129 Å². The summed E-state index contributed by atoms with van der Waals surface area (Å²) in [5, 5.41) is 21.8. The quantitative estimate of drug-likeness (QED) is 0.906. The molecule has 114 valence electrons. The van der Waals surface area contributed by atoms with Crippen LogP contribution in [0.5, 0.6) is 0 Å². The van der Waals surface area contributed by atoms with Crippen LogP contribution < -0.4 is 0 Å². The van der Waals surface area contributed by atoms with E-state index in [2.05, 4.69) is 0 Å². The molecule has 3 unspecified atom stereocenters. The maximum atomic E-state index is 12.5. The Hall–Kier alpha value is -2.17. The summed E-state index contributed by atoms with van der Waals surface area (Å²) in [5.74, 6) is -0.917. The lowest BCUT2D eigenvalue weighted by atomic mass is 9.78.